The smallest absolute Gasteiger partial charge is 0.435 e. The fourth-order valence-electron chi connectivity index (χ4n) is 6.36. The van der Waals surface area contributed by atoms with Crippen LogP contribution in [0.3, 0.4) is 0 Å². The van der Waals surface area contributed by atoms with E-state index >= 15 is 0 Å². The maximum absolute atomic E-state index is 14.8. The van der Waals surface area contributed by atoms with Gasteiger partial charge >= 0.3 is 6.18 Å². The first-order valence-corrected chi connectivity index (χ1v) is 14.5. The molecule has 4 heterocycles. The number of H-pyrrole nitrogens is 1. The number of hydrogen-bond acceptors (Lipinski definition) is 6. The number of carbonyl (C=O) groups excluding carboxylic acids is 1. The molecule has 1 amide bonds. The number of nitrogens with one attached hydrogen (secondary N) is 1. The molecule has 1 saturated carbocycles. The second-order valence-electron chi connectivity index (χ2n) is 11.7. The Kier molecular flexibility index (Phi) is 7.80. The van der Waals surface area contributed by atoms with E-state index in [1.165, 1.54) is 23.5 Å². The number of benzene rings is 1. The van der Waals surface area contributed by atoms with Crippen molar-refractivity contribution in [3.63, 3.8) is 0 Å². The first kappa shape index (κ1) is 28.4. The number of ether oxygens (including phenoxy) is 1. The third-order valence-electron chi connectivity index (χ3n) is 8.85. The predicted octanol–water partition coefficient (Wildman–Crippen LogP) is 5.12. The predicted molar refractivity (Wildman–Crippen MR) is 146 cm³/mol. The van der Waals surface area contributed by atoms with E-state index in [4.69, 9.17) is 4.74 Å². The molecule has 224 valence electrons. The van der Waals surface area contributed by atoms with Gasteiger partial charge in [-0.15, -0.1) is 0 Å². The number of halogens is 4. The average Bonchev–Trinajstić information content (AvgIpc) is 3.60. The molecule has 2 aromatic heterocycles. The van der Waals surface area contributed by atoms with E-state index in [0.29, 0.717) is 35.8 Å². The Morgan fingerprint density at radius 3 is 2.62 bits per heavy atom. The molecule has 0 radical (unpaired) electrons. The summed E-state index contributed by atoms with van der Waals surface area (Å²) in [6.07, 6.45) is 3.49. The van der Waals surface area contributed by atoms with E-state index < -0.39 is 23.6 Å². The number of fused-ring (bicyclic) bond motifs is 1. The molecule has 6 rings (SSSR count). The van der Waals surface area contributed by atoms with Gasteiger partial charge in [0.1, 0.15) is 11.6 Å². The number of anilines is 1. The van der Waals surface area contributed by atoms with Crippen LogP contribution < -0.4 is 9.64 Å². The molecule has 0 bridgehead atoms. The van der Waals surface area contributed by atoms with E-state index in [0.717, 1.165) is 43.9 Å². The quantitative estimate of drug-likeness (QED) is 0.369. The highest BCUT2D eigenvalue weighted by molar-refractivity contribution is 5.79. The molecular weight excluding hydrogens is 552 g/mol. The zero-order chi connectivity index (χ0) is 29.4. The van der Waals surface area contributed by atoms with Crippen molar-refractivity contribution >= 4 is 11.9 Å². The van der Waals surface area contributed by atoms with E-state index in [1.54, 1.807) is 6.07 Å². The van der Waals surface area contributed by atoms with Crippen molar-refractivity contribution in [1.29, 1.82) is 0 Å². The van der Waals surface area contributed by atoms with Crippen molar-refractivity contribution in [3.05, 3.63) is 64.5 Å². The zero-order valence-corrected chi connectivity index (χ0v) is 23.5. The minimum atomic E-state index is -4.60. The van der Waals surface area contributed by atoms with Crippen LogP contribution >= 0.6 is 0 Å². The summed E-state index contributed by atoms with van der Waals surface area (Å²) in [7, 11) is 0. The second-order valence-corrected chi connectivity index (χ2v) is 11.7. The van der Waals surface area contributed by atoms with Crippen LogP contribution in [0.15, 0.2) is 30.6 Å². The van der Waals surface area contributed by atoms with Gasteiger partial charge in [0.2, 0.25) is 11.9 Å². The molecule has 42 heavy (non-hydrogen) atoms. The minimum absolute atomic E-state index is 0.0217. The highest BCUT2D eigenvalue weighted by Gasteiger charge is 2.43. The molecule has 0 unspecified atom stereocenters. The molecule has 3 aliphatic rings. The van der Waals surface area contributed by atoms with Crippen molar-refractivity contribution in [2.45, 2.75) is 58.2 Å². The zero-order valence-electron chi connectivity index (χ0n) is 23.5. The summed E-state index contributed by atoms with van der Waals surface area (Å²) in [5, 5.41) is 5.81. The van der Waals surface area contributed by atoms with Gasteiger partial charge < -0.3 is 14.5 Å². The standard InChI is InChI=1S/C30H34F4N6O2/c1-18-15-35-29(36-16-18)39-8-4-19(5-9-39)23-12-20(23)7-11-42-22-3-2-21(25(31)14-22)13-27(41)40-10-6-26-24(17-40)28(38-37-26)30(32,33)34/h2-3,14-16,19-20,23H,4-13,17H2,1H3,(H,37,38)/t20-,23-/m1/s1. The number of hydrogen-bond donors (Lipinski definition) is 1. The van der Waals surface area contributed by atoms with Crippen molar-refractivity contribution in [2.24, 2.45) is 17.8 Å². The van der Waals surface area contributed by atoms with E-state index in [-0.39, 0.29) is 37.1 Å². The fourth-order valence-corrected chi connectivity index (χ4v) is 6.36. The van der Waals surface area contributed by atoms with Crippen LogP contribution in [0.4, 0.5) is 23.5 Å². The van der Waals surface area contributed by atoms with Gasteiger partial charge in [0.25, 0.3) is 0 Å². The number of carbonyl (C=O) groups is 1. The Labute approximate surface area is 241 Å². The van der Waals surface area contributed by atoms with Crippen LogP contribution in [0.1, 0.15) is 53.8 Å². The Hall–Kier alpha value is -3.70. The number of aryl methyl sites for hydroxylation is 1. The van der Waals surface area contributed by atoms with Crippen LogP contribution in [-0.2, 0) is 30.4 Å². The third-order valence-corrected chi connectivity index (χ3v) is 8.85. The number of nitrogens with zero attached hydrogens (tertiary/aromatic N) is 5. The lowest BCUT2D eigenvalue weighted by Crippen LogP contribution is -2.37. The van der Waals surface area contributed by atoms with Gasteiger partial charge in [-0.2, -0.15) is 18.3 Å². The molecule has 1 aliphatic carbocycles. The van der Waals surface area contributed by atoms with Gasteiger partial charge in [0.15, 0.2) is 5.69 Å². The Balaban J connectivity index is 0.939. The maximum Gasteiger partial charge on any atom is 0.435 e. The summed E-state index contributed by atoms with van der Waals surface area (Å²) >= 11 is 0. The van der Waals surface area contributed by atoms with Crippen LogP contribution in [0, 0.1) is 30.5 Å². The Morgan fingerprint density at radius 2 is 1.90 bits per heavy atom. The molecule has 1 aromatic carbocycles. The summed E-state index contributed by atoms with van der Waals surface area (Å²) < 4.78 is 60.4. The van der Waals surface area contributed by atoms with Gasteiger partial charge in [-0.25, -0.2) is 14.4 Å². The minimum Gasteiger partial charge on any atom is -0.493 e. The molecule has 0 spiro atoms. The maximum atomic E-state index is 14.8. The molecular formula is C30H34F4N6O2. The number of piperidine rings is 1. The number of amides is 1. The van der Waals surface area contributed by atoms with Crippen LogP contribution in [0.2, 0.25) is 0 Å². The van der Waals surface area contributed by atoms with Crippen molar-refractivity contribution in [3.8, 4) is 5.75 Å². The lowest BCUT2D eigenvalue weighted by atomic mass is 9.90. The van der Waals surface area contributed by atoms with Crippen LogP contribution in [0.5, 0.6) is 5.75 Å². The first-order valence-electron chi connectivity index (χ1n) is 14.5. The number of aromatic nitrogens is 4. The topological polar surface area (TPSA) is 87.2 Å². The van der Waals surface area contributed by atoms with Gasteiger partial charge in [-0.05, 0) is 67.6 Å². The molecule has 3 aromatic rings. The van der Waals surface area contributed by atoms with Crippen molar-refractivity contribution in [2.75, 3.05) is 31.1 Å². The lowest BCUT2D eigenvalue weighted by molar-refractivity contribution is -0.143. The Morgan fingerprint density at radius 1 is 1.14 bits per heavy atom. The fraction of sp³-hybridized carbons (Fsp3) is 0.533. The van der Waals surface area contributed by atoms with Crippen molar-refractivity contribution in [1.82, 2.24) is 25.1 Å². The second kappa shape index (κ2) is 11.5. The number of alkyl halides is 3. The van der Waals surface area contributed by atoms with E-state index in [9.17, 15) is 22.4 Å². The molecule has 2 atom stereocenters. The molecule has 2 aliphatic heterocycles. The number of rotatable bonds is 8. The van der Waals surface area contributed by atoms with Crippen molar-refractivity contribution < 1.29 is 27.1 Å². The highest BCUT2D eigenvalue weighted by atomic mass is 19.4. The van der Waals surface area contributed by atoms with Gasteiger partial charge in [-0.1, -0.05) is 6.07 Å². The number of aromatic amines is 1. The van der Waals surface area contributed by atoms with E-state index in [1.807, 2.05) is 19.3 Å². The SMILES string of the molecule is Cc1cnc(N2CCC([C@H]3C[C@H]3CCOc3ccc(CC(=O)N4CCc5[nH]nc(C(F)(F)F)c5C4)c(F)c3)CC2)nc1. The van der Waals surface area contributed by atoms with Gasteiger partial charge in [-0.3, -0.25) is 9.89 Å². The molecule has 8 nitrogen and oxygen atoms in total. The summed E-state index contributed by atoms with van der Waals surface area (Å²) in [6, 6.07) is 4.44. The average molecular weight is 587 g/mol. The third kappa shape index (κ3) is 6.22. The monoisotopic (exact) mass is 586 g/mol. The molecule has 1 saturated heterocycles. The molecule has 2 fully saturated rings. The van der Waals surface area contributed by atoms with Crippen LogP contribution in [0.25, 0.3) is 0 Å². The first-order chi connectivity index (χ1) is 20.2. The largest absolute Gasteiger partial charge is 0.493 e. The normalized spacial score (nSPS) is 20.9. The molecule has 12 heteroatoms. The molecule has 1 N–H and O–H groups in total. The highest BCUT2D eigenvalue weighted by Crippen LogP contribution is 2.50. The van der Waals surface area contributed by atoms with Gasteiger partial charge in [0, 0.05) is 62.3 Å². The summed E-state index contributed by atoms with van der Waals surface area (Å²) in [6.45, 7) is 4.47. The van der Waals surface area contributed by atoms with E-state index in [2.05, 4.69) is 25.1 Å². The summed E-state index contributed by atoms with van der Waals surface area (Å²) in [5.74, 6) is 2.25. The Bertz CT molecular complexity index is 1420. The summed E-state index contributed by atoms with van der Waals surface area (Å²) in [5.41, 5.74) is 0.605. The summed E-state index contributed by atoms with van der Waals surface area (Å²) in [4.78, 5) is 25.3. The van der Waals surface area contributed by atoms with Crippen LogP contribution in [-0.4, -0.2) is 57.2 Å². The lowest BCUT2D eigenvalue weighted by Gasteiger charge is -2.32. The van der Waals surface area contributed by atoms with Gasteiger partial charge in [0.05, 0.1) is 13.0 Å².